The Bertz CT molecular complexity index is 588. The van der Waals surface area contributed by atoms with Gasteiger partial charge in [0, 0.05) is 0 Å². The van der Waals surface area contributed by atoms with Gasteiger partial charge in [0.2, 0.25) is 0 Å². The van der Waals surface area contributed by atoms with Crippen LogP contribution in [0.2, 0.25) is 0 Å². The van der Waals surface area contributed by atoms with Crippen LogP contribution in [0.5, 0.6) is 0 Å². The van der Waals surface area contributed by atoms with Gasteiger partial charge in [-0.05, 0) is 73.1 Å². The smallest absolute Gasteiger partial charge is 0.00195 e. The van der Waals surface area contributed by atoms with E-state index >= 15 is 0 Å². The summed E-state index contributed by atoms with van der Waals surface area (Å²) in [6, 6.07) is 20.9. The zero-order valence-corrected chi connectivity index (χ0v) is 13.3. The lowest BCUT2D eigenvalue weighted by atomic mass is 9.77. The molecule has 1 aliphatic carbocycles. The molecule has 0 heteroatoms. The molecule has 0 saturated heterocycles. The number of rotatable bonds is 5. The van der Waals surface area contributed by atoms with Crippen molar-refractivity contribution < 1.29 is 0 Å². The average molecular weight is 289 g/mol. The van der Waals surface area contributed by atoms with E-state index in [1.54, 1.807) is 0 Å². The van der Waals surface area contributed by atoms with Crippen LogP contribution in [0.1, 0.15) is 54.7 Å². The van der Waals surface area contributed by atoms with Crippen molar-refractivity contribution in [1.29, 1.82) is 0 Å². The van der Waals surface area contributed by atoms with Crippen LogP contribution in [0.4, 0.5) is 0 Å². The highest BCUT2D eigenvalue weighted by Gasteiger charge is 2.21. The average Bonchev–Trinajstić information content (AvgIpc) is 2.57. The molecule has 1 radical (unpaired) electrons. The summed E-state index contributed by atoms with van der Waals surface area (Å²) in [6.45, 7) is 3.88. The molecule has 0 aliphatic heterocycles. The molecule has 0 atom stereocenters. The first-order chi connectivity index (χ1) is 10.8. The SMILES string of the molecule is C=CC[C@H]1CC[C@H](c2cc[c]c(Cc3ccccc3)c2)CC1. The van der Waals surface area contributed by atoms with Gasteiger partial charge in [0.05, 0.1) is 0 Å². The third-order valence-corrected chi connectivity index (χ3v) is 4.94. The maximum absolute atomic E-state index is 3.88. The summed E-state index contributed by atoms with van der Waals surface area (Å²) < 4.78 is 0. The second-order valence-electron chi connectivity index (χ2n) is 6.55. The quantitative estimate of drug-likeness (QED) is 0.599. The molecular formula is C22H25. The van der Waals surface area contributed by atoms with Crippen molar-refractivity contribution in [3.63, 3.8) is 0 Å². The fraction of sp³-hybridized carbons (Fsp3) is 0.364. The van der Waals surface area contributed by atoms with Crippen LogP contribution in [-0.2, 0) is 6.42 Å². The monoisotopic (exact) mass is 289 g/mol. The second kappa shape index (κ2) is 7.45. The Labute approximate surface area is 134 Å². The van der Waals surface area contributed by atoms with Gasteiger partial charge in [-0.3, -0.25) is 0 Å². The first-order valence-corrected chi connectivity index (χ1v) is 8.50. The van der Waals surface area contributed by atoms with Gasteiger partial charge in [0.25, 0.3) is 0 Å². The molecule has 0 N–H and O–H groups in total. The van der Waals surface area contributed by atoms with Crippen LogP contribution < -0.4 is 0 Å². The van der Waals surface area contributed by atoms with Crippen LogP contribution in [0.3, 0.4) is 0 Å². The standard InChI is InChI=1S/C22H25/c1-2-7-18-12-14-21(15-13-18)22-11-6-10-20(17-22)16-19-8-4-3-5-9-19/h2-6,8-9,11,17-18,21H,1,7,12-16H2/t18-,21-. The molecule has 0 nitrogen and oxygen atoms in total. The topological polar surface area (TPSA) is 0 Å². The van der Waals surface area contributed by atoms with Gasteiger partial charge in [-0.1, -0.05) is 54.6 Å². The maximum atomic E-state index is 3.88. The summed E-state index contributed by atoms with van der Waals surface area (Å²) in [5, 5.41) is 0. The van der Waals surface area contributed by atoms with Gasteiger partial charge in [0.15, 0.2) is 0 Å². The van der Waals surface area contributed by atoms with Gasteiger partial charge < -0.3 is 0 Å². The highest BCUT2D eigenvalue weighted by atomic mass is 14.3. The molecule has 1 aliphatic rings. The van der Waals surface area contributed by atoms with Crippen LogP contribution in [-0.4, -0.2) is 0 Å². The van der Waals surface area contributed by atoms with Gasteiger partial charge >= 0.3 is 0 Å². The Morgan fingerprint density at radius 2 is 1.82 bits per heavy atom. The maximum Gasteiger partial charge on any atom is -0.00195 e. The lowest BCUT2D eigenvalue weighted by Crippen LogP contribution is -2.13. The Morgan fingerprint density at radius 3 is 2.55 bits per heavy atom. The molecule has 22 heavy (non-hydrogen) atoms. The van der Waals surface area contributed by atoms with Crippen LogP contribution in [0.25, 0.3) is 0 Å². The molecule has 0 aromatic heterocycles. The molecule has 0 unspecified atom stereocenters. The highest BCUT2D eigenvalue weighted by Crippen LogP contribution is 2.37. The normalized spacial score (nSPS) is 21.5. The Hall–Kier alpha value is -1.82. The zero-order chi connectivity index (χ0) is 15.2. The first kappa shape index (κ1) is 15.1. The second-order valence-corrected chi connectivity index (χ2v) is 6.55. The van der Waals surface area contributed by atoms with E-state index in [4.69, 9.17) is 0 Å². The number of allylic oxidation sites excluding steroid dienone is 1. The van der Waals surface area contributed by atoms with Gasteiger partial charge in [-0.25, -0.2) is 0 Å². The van der Waals surface area contributed by atoms with Crippen molar-refractivity contribution in [2.45, 2.75) is 44.4 Å². The van der Waals surface area contributed by atoms with Crippen LogP contribution in [0, 0.1) is 12.0 Å². The van der Waals surface area contributed by atoms with Crippen molar-refractivity contribution in [1.82, 2.24) is 0 Å². The summed E-state index contributed by atoms with van der Waals surface area (Å²) >= 11 is 0. The minimum atomic E-state index is 0.741. The molecule has 0 amide bonds. The summed E-state index contributed by atoms with van der Waals surface area (Å²) in [6.07, 6.45) is 9.61. The van der Waals surface area contributed by atoms with E-state index in [1.165, 1.54) is 48.8 Å². The van der Waals surface area contributed by atoms with Crippen molar-refractivity contribution in [2.24, 2.45) is 5.92 Å². The third-order valence-electron chi connectivity index (χ3n) is 4.94. The minimum Gasteiger partial charge on any atom is -0.103 e. The van der Waals surface area contributed by atoms with Crippen molar-refractivity contribution >= 4 is 0 Å². The van der Waals surface area contributed by atoms with Gasteiger partial charge in [0.1, 0.15) is 0 Å². The number of benzene rings is 2. The lowest BCUT2D eigenvalue weighted by molar-refractivity contribution is 0.328. The van der Waals surface area contributed by atoms with E-state index in [-0.39, 0.29) is 0 Å². The van der Waals surface area contributed by atoms with Gasteiger partial charge in [-0.2, -0.15) is 0 Å². The highest BCUT2D eigenvalue weighted by molar-refractivity contribution is 5.30. The van der Waals surface area contributed by atoms with E-state index in [0.29, 0.717) is 0 Å². The molecule has 2 aromatic carbocycles. The molecule has 0 bridgehead atoms. The number of hydrogen-bond donors (Lipinski definition) is 0. The molecule has 0 heterocycles. The molecule has 1 saturated carbocycles. The van der Waals surface area contributed by atoms with Gasteiger partial charge in [-0.15, -0.1) is 6.58 Å². The van der Waals surface area contributed by atoms with E-state index in [1.807, 2.05) is 0 Å². The molecular weight excluding hydrogens is 264 g/mol. The number of hydrogen-bond acceptors (Lipinski definition) is 0. The molecule has 113 valence electrons. The summed E-state index contributed by atoms with van der Waals surface area (Å²) in [4.78, 5) is 0. The Morgan fingerprint density at radius 1 is 1.05 bits per heavy atom. The molecule has 0 spiro atoms. The van der Waals surface area contributed by atoms with E-state index in [0.717, 1.165) is 18.3 Å². The van der Waals surface area contributed by atoms with Crippen molar-refractivity contribution in [3.05, 3.63) is 83.9 Å². The molecule has 1 fully saturated rings. The van der Waals surface area contributed by atoms with E-state index in [9.17, 15) is 0 Å². The van der Waals surface area contributed by atoms with Crippen molar-refractivity contribution in [2.75, 3.05) is 0 Å². The fourth-order valence-corrected chi connectivity index (χ4v) is 3.67. The first-order valence-electron chi connectivity index (χ1n) is 8.50. The fourth-order valence-electron chi connectivity index (χ4n) is 3.67. The Balaban J connectivity index is 1.65. The van der Waals surface area contributed by atoms with E-state index < -0.39 is 0 Å². The van der Waals surface area contributed by atoms with Crippen LogP contribution >= 0.6 is 0 Å². The largest absolute Gasteiger partial charge is 0.103 e. The summed E-state index contributed by atoms with van der Waals surface area (Å²) in [7, 11) is 0. The lowest BCUT2D eigenvalue weighted by Gasteiger charge is -2.28. The van der Waals surface area contributed by atoms with E-state index in [2.05, 4.69) is 67.3 Å². The van der Waals surface area contributed by atoms with Crippen LogP contribution in [0.15, 0.2) is 61.2 Å². The Kier molecular flexibility index (Phi) is 5.11. The summed E-state index contributed by atoms with van der Waals surface area (Å²) in [5.41, 5.74) is 4.20. The molecule has 3 rings (SSSR count). The minimum absolute atomic E-state index is 0.741. The third kappa shape index (κ3) is 3.88. The van der Waals surface area contributed by atoms with Crippen molar-refractivity contribution in [3.8, 4) is 0 Å². The predicted molar refractivity (Wildman–Crippen MR) is 94.0 cm³/mol. The molecule has 2 aromatic rings. The predicted octanol–water partition coefficient (Wildman–Crippen LogP) is 5.93. The zero-order valence-electron chi connectivity index (χ0n) is 13.3. The summed E-state index contributed by atoms with van der Waals surface area (Å²) in [5.74, 6) is 1.61.